The van der Waals surface area contributed by atoms with Crippen LogP contribution in [0.3, 0.4) is 0 Å². The normalized spacial score (nSPS) is 11.7. The predicted octanol–water partition coefficient (Wildman–Crippen LogP) is 1.28. The average Bonchev–Trinajstić information content (AvgIpc) is 2.52. The molecule has 136 valence electrons. The van der Waals surface area contributed by atoms with E-state index in [9.17, 15) is 24.5 Å². The predicted molar refractivity (Wildman–Crippen MR) is 89.1 cm³/mol. The van der Waals surface area contributed by atoms with E-state index in [1.54, 1.807) is 0 Å². The monoisotopic (exact) mass is 351 g/mol. The summed E-state index contributed by atoms with van der Waals surface area (Å²) in [5.74, 6) is -2.27. The summed E-state index contributed by atoms with van der Waals surface area (Å²) in [6.07, 6.45) is 0. The van der Waals surface area contributed by atoms with Gasteiger partial charge in [0.25, 0.3) is 11.6 Å². The maximum Gasteiger partial charge on any atom is 0.323 e. The molecular weight excluding hydrogens is 330 g/mol. The third kappa shape index (κ3) is 6.21. The third-order valence-electron chi connectivity index (χ3n) is 3.26. The molecule has 2 amide bonds. The lowest BCUT2D eigenvalue weighted by Crippen LogP contribution is -2.49. The molecule has 0 aliphatic carbocycles. The molecule has 1 atom stereocenters. The summed E-state index contributed by atoms with van der Waals surface area (Å²) in [5, 5.41) is 22.1. The quantitative estimate of drug-likeness (QED) is 0.536. The van der Waals surface area contributed by atoms with Gasteiger partial charge in [0.05, 0.1) is 4.92 Å². The van der Waals surface area contributed by atoms with Crippen LogP contribution in [0.1, 0.15) is 31.1 Å². The summed E-state index contributed by atoms with van der Waals surface area (Å²) >= 11 is 0. The van der Waals surface area contributed by atoms with Gasteiger partial charge in [-0.1, -0.05) is 19.9 Å². The van der Waals surface area contributed by atoms with Crippen molar-refractivity contribution in [2.75, 3.05) is 13.1 Å². The largest absolute Gasteiger partial charge is 0.480 e. The summed E-state index contributed by atoms with van der Waals surface area (Å²) in [4.78, 5) is 46.8. The molecule has 1 unspecified atom stereocenters. The zero-order valence-corrected chi connectivity index (χ0v) is 14.3. The minimum atomic E-state index is -1.15. The number of amides is 2. The van der Waals surface area contributed by atoms with E-state index in [0.29, 0.717) is 0 Å². The molecule has 0 aromatic heterocycles. The average molecular weight is 351 g/mol. The summed E-state index contributed by atoms with van der Waals surface area (Å²) in [7, 11) is 0. The Balaban J connectivity index is 2.84. The Morgan fingerprint density at radius 3 is 2.44 bits per heavy atom. The second-order valence-corrected chi connectivity index (χ2v) is 6.01. The van der Waals surface area contributed by atoms with Crippen LogP contribution in [0.15, 0.2) is 24.3 Å². The summed E-state index contributed by atoms with van der Waals surface area (Å²) in [5.41, 5.74) is -0.193. The summed E-state index contributed by atoms with van der Waals surface area (Å²) in [6, 6.07) is 4.15. The fraction of sp³-hybridized carbons (Fsp3) is 0.438. The number of rotatable bonds is 8. The van der Waals surface area contributed by atoms with E-state index in [4.69, 9.17) is 5.11 Å². The first kappa shape index (κ1) is 20.1. The highest BCUT2D eigenvalue weighted by molar-refractivity contribution is 5.98. The van der Waals surface area contributed by atoms with Crippen molar-refractivity contribution in [2.45, 2.75) is 26.8 Å². The second kappa shape index (κ2) is 8.76. The Morgan fingerprint density at radius 2 is 1.92 bits per heavy atom. The van der Waals surface area contributed by atoms with Crippen molar-refractivity contribution in [2.24, 2.45) is 5.92 Å². The Hall–Kier alpha value is -2.97. The molecular formula is C16H21N3O6. The Bertz CT molecular complexity index is 674. The van der Waals surface area contributed by atoms with Crippen LogP contribution in [-0.2, 0) is 9.59 Å². The van der Waals surface area contributed by atoms with Gasteiger partial charge >= 0.3 is 5.97 Å². The van der Waals surface area contributed by atoms with Crippen molar-refractivity contribution in [1.82, 2.24) is 10.2 Å². The number of aliphatic carboxylic acids is 1. The van der Waals surface area contributed by atoms with Gasteiger partial charge in [0.15, 0.2) is 0 Å². The number of carboxylic acid groups (broad SMARTS) is 1. The number of carbonyl (C=O) groups excluding carboxylic acids is 2. The maximum absolute atomic E-state index is 12.4. The topological polar surface area (TPSA) is 130 Å². The van der Waals surface area contributed by atoms with Gasteiger partial charge in [-0.2, -0.15) is 0 Å². The molecule has 2 N–H and O–H groups in total. The van der Waals surface area contributed by atoms with E-state index in [0.717, 1.165) is 11.0 Å². The first-order chi connectivity index (χ1) is 11.6. The first-order valence-electron chi connectivity index (χ1n) is 7.67. The van der Waals surface area contributed by atoms with Crippen LogP contribution in [0, 0.1) is 16.0 Å². The standard InChI is InChI=1S/C16H21N3O6/c1-10(2)8-18(9-14(20)21)16(23)11(3)17-15(22)12-5-4-6-13(7-12)19(24)25/h4-7,10-11H,8-9H2,1-3H3,(H,17,22)(H,20,21). The minimum absolute atomic E-state index is 0.0440. The lowest BCUT2D eigenvalue weighted by atomic mass is 10.1. The zero-order valence-electron chi connectivity index (χ0n) is 14.3. The van der Waals surface area contributed by atoms with Crippen LogP contribution >= 0.6 is 0 Å². The number of hydrogen-bond donors (Lipinski definition) is 2. The number of non-ortho nitro benzene ring substituents is 1. The molecule has 0 fully saturated rings. The molecule has 0 spiro atoms. The Kier molecular flexibility index (Phi) is 7.04. The van der Waals surface area contributed by atoms with Crippen LogP contribution in [0.4, 0.5) is 5.69 Å². The molecule has 9 nitrogen and oxygen atoms in total. The fourth-order valence-corrected chi connectivity index (χ4v) is 2.21. The molecule has 0 aliphatic rings. The first-order valence-corrected chi connectivity index (χ1v) is 7.67. The molecule has 1 aromatic carbocycles. The number of carboxylic acids is 1. The molecule has 1 aromatic rings. The van der Waals surface area contributed by atoms with Crippen LogP contribution in [0.2, 0.25) is 0 Å². The summed E-state index contributed by atoms with van der Waals surface area (Å²) in [6.45, 7) is 4.89. The number of nitrogens with one attached hydrogen (secondary N) is 1. The van der Waals surface area contributed by atoms with Gasteiger partial charge in [-0.3, -0.25) is 24.5 Å². The minimum Gasteiger partial charge on any atom is -0.480 e. The van der Waals surface area contributed by atoms with Gasteiger partial charge in [-0.05, 0) is 18.9 Å². The van der Waals surface area contributed by atoms with E-state index in [2.05, 4.69) is 5.32 Å². The smallest absolute Gasteiger partial charge is 0.323 e. The molecule has 25 heavy (non-hydrogen) atoms. The third-order valence-corrected chi connectivity index (χ3v) is 3.26. The zero-order chi connectivity index (χ0) is 19.1. The van der Waals surface area contributed by atoms with Crippen molar-refractivity contribution < 1.29 is 24.4 Å². The molecule has 0 heterocycles. The molecule has 0 radical (unpaired) electrons. The SMILES string of the molecule is CC(C)CN(CC(=O)O)C(=O)C(C)NC(=O)c1cccc([N+](=O)[O-])c1. The number of carbonyl (C=O) groups is 3. The van der Waals surface area contributed by atoms with Crippen LogP contribution in [-0.4, -0.2) is 51.8 Å². The number of benzene rings is 1. The van der Waals surface area contributed by atoms with Crippen molar-refractivity contribution in [1.29, 1.82) is 0 Å². The van der Waals surface area contributed by atoms with E-state index in [1.807, 2.05) is 13.8 Å². The highest BCUT2D eigenvalue weighted by Crippen LogP contribution is 2.13. The van der Waals surface area contributed by atoms with E-state index in [1.165, 1.54) is 25.1 Å². The van der Waals surface area contributed by atoms with Gasteiger partial charge in [0.1, 0.15) is 12.6 Å². The van der Waals surface area contributed by atoms with Gasteiger partial charge in [0, 0.05) is 24.2 Å². The van der Waals surface area contributed by atoms with Crippen LogP contribution in [0.25, 0.3) is 0 Å². The van der Waals surface area contributed by atoms with Crippen LogP contribution < -0.4 is 5.32 Å². The second-order valence-electron chi connectivity index (χ2n) is 6.01. The van der Waals surface area contributed by atoms with Gasteiger partial charge in [0.2, 0.25) is 5.91 Å². The number of nitro groups is 1. The maximum atomic E-state index is 12.4. The lowest BCUT2D eigenvalue weighted by Gasteiger charge is -2.26. The number of nitrogens with zero attached hydrogens (tertiary/aromatic N) is 2. The van der Waals surface area contributed by atoms with E-state index >= 15 is 0 Å². The van der Waals surface area contributed by atoms with Crippen LogP contribution in [0.5, 0.6) is 0 Å². The van der Waals surface area contributed by atoms with Gasteiger partial charge < -0.3 is 15.3 Å². The van der Waals surface area contributed by atoms with E-state index < -0.39 is 35.3 Å². The number of nitro benzene ring substituents is 1. The lowest BCUT2D eigenvalue weighted by molar-refractivity contribution is -0.384. The molecule has 9 heteroatoms. The van der Waals surface area contributed by atoms with Crippen molar-refractivity contribution in [3.63, 3.8) is 0 Å². The highest BCUT2D eigenvalue weighted by atomic mass is 16.6. The summed E-state index contributed by atoms with van der Waals surface area (Å²) < 4.78 is 0. The Morgan fingerprint density at radius 1 is 1.28 bits per heavy atom. The van der Waals surface area contributed by atoms with E-state index in [-0.39, 0.29) is 23.7 Å². The van der Waals surface area contributed by atoms with Gasteiger partial charge in [-0.25, -0.2) is 0 Å². The van der Waals surface area contributed by atoms with Gasteiger partial charge in [-0.15, -0.1) is 0 Å². The van der Waals surface area contributed by atoms with Crippen molar-refractivity contribution in [3.8, 4) is 0 Å². The fourth-order valence-electron chi connectivity index (χ4n) is 2.21. The van der Waals surface area contributed by atoms with Crippen molar-refractivity contribution in [3.05, 3.63) is 39.9 Å². The molecule has 0 saturated carbocycles. The molecule has 1 rings (SSSR count). The number of hydrogen-bond acceptors (Lipinski definition) is 5. The highest BCUT2D eigenvalue weighted by Gasteiger charge is 2.25. The molecule has 0 aliphatic heterocycles. The molecule has 0 saturated heterocycles. The Labute approximate surface area is 144 Å². The van der Waals surface area contributed by atoms with Crippen molar-refractivity contribution >= 4 is 23.5 Å². The molecule has 0 bridgehead atoms.